The molecule has 2 saturated heterocycles. The SMILES string of the molecule is O=C(NCCN1CCC2(CC1)C(=O)NCN2c1ccccc1)c1ccc(F)cc1. The number of halogens is 1. The van der Waals surface area contributed by atoms with E-state index in [1.54, 1.807) is 0 Å². The zero-order valence-electron chi connectivity index (χ0n) is 16.2. The van der Waals surface area contributed by atoms with Crippen LogP contribution < -0.4 is 15.5 Å². The Morgan fingerprint density at radius 1 is 1.07 bits per heavy atom. The van der Waals surface area contributed by atoms with Gasteiger partial charge in [-0.2, -0.15) is 0 Å². The molecule has 4 rings (SSSR count). The minimum absolute atomic E-state index is 0.102. The normalized spacial score (nSPS) is 18.7. The maximum Gasteiger partial charge on any atom is 0.251 e. The second-order valence-electron chi connectivity index (χ2n) is 7.56. The first-order valence-corrected chi connectivity index (χ1v) is 9.96. The molecule has 2 N–H and O–H groups in total. The number of likely N-dealkylation sites (tertiary alicyclic amines) is 1. The van der Waals surface area contributed by atoms with E-state index in [1.165, 1.54) is 24.3 Å². The molecule has 152 valence electrons. The summed E-state index contributed by atoms with van der Waals surface area (Å²) in [6, 6.07) is 15.6. The lowest BCUT2D eigenvalue weighted by atomic mass is 9.85. The molecule has 2 aliphatic rings. The van der Waals surface area contributed by atoms with E-state index in [4.69, 9.17) is 0 Å². The van der Waals surface area contributed by atoms with Crippen molar-refractivity contribution in [2.24, 2.45) is 0 Å². The highest BCUT2D eigenvalue weighted by atomic mass is 19.1. The molecule has 0 atom stereocenters. The fourth-order valence-electron chi connectivity index (χ4n) is 4.21. The van der Waals surface area contributed by atoms with E-state index in [-0.39, 0.29) is 17.6 Å². The van der Waals surface area contributed by atoms with Crippen LogP contribution in [0.25, 0.3) is 0 Å². The van der Waals surface area contributed by atoms with Crippen molar-refractivity contribution in [1.82, 2.24) is 15.5 Å². The van der Waals surface area contributed by atoms with Gasteiger partial charge in [-0.05, 0) is 49.2 Å². The average molecular weight is 396 g/mol. The number of anilines is 1. The summed E-state index contributed by atoms with van der Waals surface area (Å²) in [6.07, 6.45) is 1.50. The van der Waals surface area contributed by atoms with Crippen molar-refractivity contribution < 1.29 is 14.0 Å². The van der Waals surface area contributed by atoms with Crippen LogP contribution in [0.4, 0.5) is 10.1 Å². The molecule has 2 aliphatic heterocycles. The van der Waals surface area contributed by atoms with Crippen molar-refractivity contribution in [3.05, 3.63) is 66.0 Å². The van der Waals surface area contributed by atoms with Gasteiger partial charge in [0.25, 0.3) is 5.91 Å². The monoisotopic (exact) mass is 396 g/mol. The first-order chi connectivity index (χ1) is 14.1. The Labute approximate surface area is 169 Å². The van der Waals surface area contributed by atoms with Gasteiger partial charge in [-0.25, -0.2) is 4.39 Å². The van der Waals surface area contributed by atoms with Gasteiger partial charge in [-0.1, -0.05) is 18.2 Å². The molecule has 0 radical (unpaired) electrons. The number of benzene rings is 2. The van der Waals surface area contributed by atoms with E-state index in [2.05, 4.69) is 20.4 Å². The quantitative estimate of drug-likeness (QED) is 0.811. The molecule has 0 bridgehead atoms. The van der Waals surface area contributed by atoms with E-state index in [1.807, 2.05) is 30.3 Å². The predicted molar refractivity (Wildman–Crippen MR) is 109 cm³/mol. The minimum Gasteiger partial charge on any atom is -0.351 e. The van der Waals surface area contributed by atoms with Crippen LogP contribution in [0, 0.1) is 5.82 Å². The Morgan fingerprint density at radius 3 is 2.45 bits per heavy atom. The molecule has 6 nitrogen and oxygen atoms in total. The summed E-state index contributed by atoms with van der Waals surface area (Å²) in [4.78, 5) is 29.3. The molecule has 0 aromatic heterocycles. The molecule has 29 heavy (non-hydrogen) atoms. The molecule has 0 aliphatic carbocycles. The summed E-state index contributed by atoms with van der Waals surface area (Å²) in [5.41, 5.74) is 1.02. The topological polar surface area (TPSA) is 64.7 Å². The predicted octanol–water partition coefficient (Wildman–Crippen LogP) is 1.98. The second-order valence-corrected chi connectivity index (χ2v) is 7.56. The van der Waals surface area contributed by atoms with Gasteiger partial charge in [-0.3, -0.25) is 9.59 Å². The third-order valence-corrected chi connectivity index (χ3v) is 5.91. The first-order valence-electron chi connectivity index (χ1n) is 9.96. The van der Waals surface area contributed by atoms with Gasteiger partial charge in [0, 0.05) is 37.4 Å². The van der Waals surface area contributed by atoms with Crippen molar-refractivity contribution in [3.8, 4) is 0 Å². The Kier molecular flexibility index (Phi) is 5.49. The van der Waals surface area contributed by atoms with Crippen LogP contribution in [0.3, 0.4) is 0 Å². The zero-order chi connectivity index (χ0) is 20.3. The van der Waals surface area contributed by atoms with Gasteiger partial charge in [0.2, 0.25) is 5.91 Å². The fourth-order valence-corrected chi connectivity index (χ4v) is 4.21. The maximum atomic E-state index is 13.0. The van der Waals surface area contributed by atoms with Gasteiger partial charge < -0.3 is 20.4 Å². The standard InChI is InChI=1S/C22H25FN4O2/c23-18-8-6-17(7-9-18)20(28)24-12-15-26-13-10-22(11-14-26)21(29)25-16-27(22)19-4-2-1-3-5-19/h1-9H,10-16H2,(H,24,28)(H,25,29). The summed E-state index contributed by atoms with van der Waals surface area (Å²) < 4.78 is 13.0. The Bertz CT molecular complexity index is 864. The van der Waals surface area contributed by atoms with E-state index in [9.17, 15) is 14.0 Å². The molecule has 2 aromatic rings. The Hall–Kier alpha value is -2.93. The number of hydrogen-bond donors (Lipinski definition) is 2. The highest BCUT2D eigenvalue weighted by Crippen LogP contribution is 2.35. The van der Waals surface area contributed by atoms with Gasteiger partial charge in [-0.15, -0.1) is 0 Å². The number of rotatable bonds is 5. The third-order valence-electron chi connectivity index (χ3n) is 5.91. The van der Waals surface area contributed by atoms with Crippen LogP contribution in [-0.2, 0) is 4.79 Å². The molecule has 2 aromatic carbocycles. The van der Waals surface area contributed by atoms with Crippen LogP contribution in [0.1, 0.15) is 23.2 Å². The van der Waals surface area contributed by atoms with Gasteiger partial charge >= 0.3 is 0 Å². The van der Waals surface area contributed by atoms with Crippen molar-refractivity contribution in [2.45, 2.75) is 18.4 Å². The summed E-state index contributed by atoms with van der Waals surface area (Å²) in [7, 11) is 0. The number of carbonyl (C=O) groups excluding carboxylic acids is 2. The molecule has 2 amide bonds. The van der Waals surface area contributed by atoms with Gasteiger partial charge in [0.15, 0.2) is 0 Å². The number of hydrogen-bond acceptors (Lipinski definition) is 4. The van der Waals surface area contributed by atoms with E-state index < -0.39 is 5.54 Å². The number of carbonyl (C=O) groups is 2. The first kappa shape index (κ1) is 19.4. The van der Waals surface area contributed by atoms with Gasteiger partial charge in [0.05, 0.1) is 6.67 Å². The Morgan fingerprint density at radius 2 is 1.76 bits per heavy atom. The van der Waals surface area contributed by atoms with E-state index in [0.29, 0.717) is 18.8 Å². The number of nitrogens with one attached hydrogen (secondary N) is 2. The zero-order valence-corrected chi connectivity index (χ0v) is 16.2. The van der Waals surface area contributed by atoms with Crippen LogP contribution in [0.15, 0.2) is 54.6 Å². The molecule has 2 fully saturated rings. The van der Waals surface area contributed by atoms with Crippen molar-refractivity contribution in [3.63, 3.8) is 0 Å². The van der Waals surface area contributed by atoms with Crippen LogP contribution in [0.5, 0.6) is 0 Å². The average Bonchev–Trinajstić information content (AvgIpc) is 3.06. The molecule has 1 spiro atoms. The van der Waals surface area contributed by atoms with E-state index in [0.717, 1.165) is 38.2 Å². The highest BCUT2D eigenvalue weighted by Gasteiger charge is 2.50. The Balaban J connectivity index is 1.30. The summed E-state index contributed by atoms with van der Waals surface area (Å²) in [5, 5.41) is 5.89. The summed E-state index contributed by atoms with van der Waals surface area (Å²) >= 11 is 0. The molecular weight excluding hydrogens is 371 g/mol. The largest absolute Gasteiger partial charge is 0.351 e. The number of nitrogens with zero attached hydrogens (tertiary/aromatic N) is 2. The highest BCUT2D eigenvalue weighted by molar-refractivity contribution is 5.94. The maximum absolute atomic E-state index is 13.0. The second kappa shape index (κ2) is 8.21. The molecular formula is C22H25FN4O2. The molecule has 0 saturated carbocycles. The third kappa shape index (κ3) is 3.96. The summed E-state index contributed by atoms with van der Waals surface area (Å²) in [6.45, 7) is 3.36. The lowest BCUT2D eigenvalue weighted by Crippen LogP contribution is -2.57. The molecule has 7 heteroatoms. The number of amides is 2. The van der Waals surface area contributed by atoms with Crippen LogP contribution in [-0.4, -0.2) is 55.1 Å². The fraction of sp³-hybridized carbons (Fsp3) is 0.364. The number of para-hydroxylation sites is 1. The van der Waals surface area contributed by atoms with Crippen molar-refractivity contribution >= 4 is 17.5 Å². The van der Waals surface area contributed by atoms with Crippen LogP contribution >= 0.6 is 0 Å². The minimum atomic E-state index is -0.491. The van der Waals surface area contributed by atoms with Gasteiger partial charge in [0.1, 0.15) is 11.4 Å². The molecule has 2 heterocycles. The van der Waals surface area contributed by atoms with E-state index >= 15 is 0 Å². The lowest BCUT2D eigenvalue weighted by molar-refractivity contribution is -0.125. The van der Waals surface area contributed by atoms with Crippen LogP contribution in [0.2, 0.25) is 0 Å². The smallest absolute Gasteiger partial charge is 0.251 e. The summed E-state index contributed by atoms with van der Waals surface area (Å²) in [5.74, 6) is -0.459. The molecule has 0 unspecified atom stereocenters. The lowest BCUT2D eigenvalue weighted by Gasteiger charge is -2.43. The number of piperidine rings is 1. The van der Waals surface area contributed by atoms with Crippen molar-refractivity contribution in [2.75, 3.05) is 37.7 Å². The van der Waals surface area contributed by atoms with Crippen molar-refractivity contribution in [1.29, 1.82) is 0 Å².